The van der Waals surface area contributed by atoms with Crippen molar-refractivity contribution in [2.45, 2.75) is 10.6 Å². The summed E-state index contributed by atoms with van der Waals surface area (Å²) in [5.41, 5.74) is 2.23. The number of halogens is 1. The summed E-state index contributed by atoms with van der Waals surface area (Å²) >= 11 is 1.49. The maximum atomic E-state index is 13.2. The minimum Gasteiger partial charge on any atom is -0.492 e. The molecule has 0 fully saturated rings. The van der Waals surface area contributed by atoms with E-state index in [1.165, 1.54) is 23.9 Å². The predicted octanol–water partition coefficient (Wildman–Crippen LogP) is 6.18. The summed E-state index contributed by atoms with van der Waals surface area (Å²) in [5, 5.41) is 5.71. The molecular weight excluding hydrogens is 475 g/mol. The number of thioether (sulfide) groups is 1. The minimum absolute atomic E-state index is 0.282. The first-order chi connectivity index (χ1) is 17.6. The second-order valence-electron chi connectivity index (χ2n) is 7.83. The summed E-state index contributed by atoms with van der Waals surface area (Å²) in [6.07, 6.45) is 0. The lowest BCUT2D eigenvalue weighted by Crippen LogP contribution is -2.29. The maximum absolute atomic E-state index is 13.2. The Hall–Kier alpha value is -4.10. The van der Waals surface area contributed by atoms with Crippen LogP contribution in [0.2, 0.25) is 0 Å². The molecular formula is C29H25FN2O3S. The molecule has 4 aromatic rings. The fraction of sp³-hybridized carbons (Fsp3) is 0.103. The van der Waals surface area contributed by atoms with E-state index in [0.29, 0.717) is 35.7 Å². The van der Waals surface area contributed by atoms with E-state index in [2.05, 4.69) is 10.6 Å². The standard InChI is InChI=1S/C29H25FN2O3S/c30-22-16-14-21(15-17-22)20-36-27-13-7-5-11-25(27)29(34)32-26-12-6-4-10-24(26)28(33)31-18-19-35-23-8-2-1-3-9-23/h1-17H,18-20H2,(H,31,33)(H,32,34). The molecule has 0 aliphatic heterocycles. The van der Waals surface area contributed by atoms with Crippen LogP contribution < -0.4 is 15.4 Å². The van der Waals surface area contributed by atoms with E-state index in [-0.39, 0.29) is 17.6 Å². The average molecular weight is 501 g/mol. The average Bonchev–Trinajstić information content (AvgIpc) is 2.92. The molecule has 0 aliphatic rings. The highest BCUT2D eigenvalue weighted by Gasteiger charge is 2.16. The van der Waals surface area contributed by atoms with Gasteiger partial charge < -0.3 is 15.4 Å². The van der Waals surface area contributed by atoms with Gasteiger partial charge in [-0.1, -0.05) is 54.6 Å². The number of hydrogen-bond donors (Lipinski definition) is 2. The van der Waals surface area contributed by atoms with Crippen molar-refractivity contribution in [3.05, 3.63) is 126 Å². The zero-order chi connectivity index (χ0) is 25.2. The SMILES string of the molecule is O=C(NCCOc1ccccc1)c1ccccc1NC(=O)c1ccccc1SCc1ccc(F)cc1. The second-order valence-corrected chi connectivity index (χ2v) is 8.85. The molecule has 2 amide bonds. The molecule has 0 radical (unpaired) electrons. The summed E-state index contributed by atoms with van der Waals surface area (Å²) in [6.45, 7) is 0.641. The molecule has 0 saturated carbocycles. The molecule has 0 unspecified atom stereocenters. The molecule has 5 nitrogen and oxygen atoms in total. The molecule has 0 aliphatic carbocycles. The van der Waals surface area contributed by atoms with E-state index in [4.69, 9.17) is 4.74 Å². The lowest BCUT2D eigenvalue weighted by Gasteiger charge is -2.13. The van der Waals surface area contributed by atoms with E-state index in [1.807, 2.05) is 42.5 Å². The van der Waals surface area contributed by atoms with E-state index in [0.717, 1.165) is 16.2 Å². The number of amides is 2. The van der Waals surface area contributed by atoms with E-state index >= 15 is 0 Å². The summed E-state index contributed by atoms with van der Waals surface area (Å²) in [7, 11) is 0. The number of anilines is 1. The fourth-order valence-corrected chi connectivity index (χ4v) is 4.45. The molecule has 0 saturated heterocycles. The molecule has 36 heavy (non-hydrogen) atoms. The lowest BCUT2D eigenvalue weighted by atomic mass is 10.1. The quantitative estimate of drug-likeness (QED) is 0.202. The van der Waals surface area contributed by atoms with Gasteiger partial charge in [-0.2, -0.15) is 0 Å². The Morgan fingerprint density at radius 2 is 1.42 bits per heavy atom. The van der Waals surface area contributed by atoms with E-state index in [1.54, 1.807) is 48.5 Å². The Bertz CT molecular complexity index is 1310. The second kappa shape index (κ2) is 12.6. The van der Waals surface area contributed by atoms with Crippen LogP contribution in [0.25, 0.3) is 0 Å². The van der Waals surface area contributed by atoms with Crippen LogP contribution >= 0.6 is 11.8 Å². The smallest absolute Gasteiger partial charge is 0.256 e. The van der Waals surface area contributed by atoms with Crippen molar-refractivity contribution in [2.75, 3.05) is 18.5 Å². The summed E-state index contributed by atoms with van der Waals surface area (Å²) in [6, 6.07) is 29.8. The molecule has 4 rings (SSSR count). The van der Waals surface area contributed by atoms with Crippen molar-refractivity contribution >= 4 is 29.3 Å². The molecule has 0 aromatic heterocycles. The van der Waals surface area contributed by atoms with Gasteiger partial charge in [-0.3, -0.25) is 9.59 Å². The largest absolute Gasteiger partial charge is 0.492 e. The first kappa shape index (κ1) is 25.0. The molecule has 0 heterocycles. The third-order valence-corrected chi connectivity index (χ3v) is 6.40. The summed E-state index contributed by atoms with van der Waals surface area (Å²) < 4.78 is 18.8. The van der Waals surface area contributed by atoms with Gasteiger partial charge in [-0.25, -0.2) is 4.39 Å². The van der Waals surface area contributed by atoms with E-state index < -0.39 is 0 Å². The van der Waals surface area contributed by atoms with E-state index in [9.17, 15) is 14.0 Å². The van der Waals surface area contributed by atoms with Crippen molar-refractivity contribution in [3.63, 3.8) is 0 Å². The Morgan fingerprint density at radius 3 is 2.19 bits per heavy atom. The molecule has 2 N–H and O–H groups in total. The zero-order valence-electron chi connectivity index (χ0n) is 19.4. The number of carbonyl (C=O) groups excluding carboxylic acids is 2. The number of para-hydroxylation sites is 2. The van der Waals surface area contributed by atoms with Crippen LogP contribution in [-0.2, 0) is 5.75 Å². The number of hydrogen-bond acceptors (Lipinski definition) is 4. The van der Waals surface area contributed by atoms with Crippen LogP contribution in [0.15, 0.2) is 108 Å². The van der Waals surface area contributed by atoms with Gasteiger partial charge in [-0.15, -0.1) is 11.8 Å². The summed E-state index contributed by atoms with van der Waals surface area (Å²) in [5.74, 6) is 0.422. The van der Waals surface area contributed by atoms with Crippen molar-refractivity contribution in [2.24, 2.45) is 0 Å². The van der Waals surface area contributed by atoms with Gasteiger partial charge in [0.15, 0.2) is 0 Å². The highest BCUT2D eigenvalue weighted by Crippen LogP contribution is 2.27. The normalized spacial score (nSPS) is 10.5. The van der Waals surface area contributed by atoms with Crippen molar-refractivity contribution in [1.29, 1.82) is 0 Å². The lowest BCUT2D eigenvalue weighted by molar-refractivity contribution is 0.0948. The van der Waals surface area contributed by atoms with Crippen LogP contribution in [0.1, 0.15) is 26.3 Å². The van der Waals surface area contributed by atoms with Gasteiger partial charge in [0.2, 0.25) is 0 Å². The Morgan fingerprint density at radius 1 is 0.750 bits per heavy atom. The molecule has 7 heteroatoms. The van der Waals surface area contributed by atoms with Gasteiger partial charge in [-0.05, 0) is 54.1 Å². The number of rotatable bonds is 10. The monoisotopic (exact) mass is 500 g/mol. The Balaban J connectivity index is 1.38. The predicted molar refractivity (Wildman–Crippen MR) is 141 cm³/mol. The molecule has 0 bridgehead atoms. The Labute approximate surface area is 213 Å². The first-order valence-electron chi connectivity index (χ1n) is 11.4. The van der Waals surface area contributed by atoms with Gasteiger partial charge in [0, 0.05) is 10.6 Å². The fourth-order valence-electron chi connectivity index (χ4n) is 3.45. The highest BCUT2D eigenvalue weighted by atomic mass is 32.2. The molecule has 0 spiro atoms. The van der Waals surface area contributed by atoms with Gasteiger partial charge >= 0.3 is 0 Å². The van der Waals surface area contributed by atoms with Gasteiger partial charge in [0.1, 0.15) is 18.2 Å². The summed E-state index contributed by atoms with van der Waals surface area (Å²) in [4.78, 5) is 26.7. The highest BCUT2D eigenvalue weighted by molar-refractivity contribution is 7.98. The maximum Gasteiger partial charge on any atom is 0.256 e. The van der Waals surface area contributed by atoms with Crippen molar-refractivity contribution in [1.82, 2.24) is 5.32 Å². The van der Waals surface area contributed by atoms with Crippen LogP contribution in [0.5, 0.6) is 5.75 Å². The van der Waals surface area contributed by atoms with Crippen LogP contribution in [-0.4, -0.2) is 25.0 Å². The third-order valence-electron chi connectivity index (χ3n) is 5.26. The van der Waals surface area contributed by atoms with Crippen molar-refractivity contribution < 1.29 is 18.7 Å². The number of nitrogens with one attached hydrogen (secondary N) is 2. The number of carbonyl (C=O) groups is 2. The first-order valence-corrected chi connectivity index (χ1v) is 12.4. The van der Waals surface area contributed by atoms with Crippen LogP contribution in [0.4, 0.5) is 10.1 Å². The number of ether oxygens (including phenoxy) is 1. The molecule has 0 atom stereocenters. The topological polar surface area (TPSA) is 67.4 Å². The van der Waals surface area contributed by atoms with Gasteiger partial charge in [0.25, 0.3) is 11.8 Å². The zero-order valence-corrected chi connectivity index (χ0v) is 20.3. The number of benzene rings is 4. The van der Waals surface area contributed by atoms with Gasteiger partial charge in [0.05, 0.1) is 23.4 Å². The Kier molecular flexibility index (Phi) is 8.72. The third kappa shape index (κ3) is 6.96. The van der Waals surface area contributed by atoms with Crippen LogP contribution in [0, 0.1) is 5.82 Å². The molecule has 182 valence electrons. The minimum atomic E-state index is -0.315. The van der Waals surface area contributed by atoms with Crippen LogP contribution in [0.3, 0.4) is 0 Å². The molecule has 4 aromatic carbocycles. The van der Waals surface area contributed by atoms with Crippen molar-refractivity contribution in [3.8, 4) is 5.75 Å².